The van der Waals surface area contributed by atoms with Crippen molar-refractivity contribution >= 4 is 5.97 Å². The van der Waals surface area contributed by atoms with Crippen LogP contribution in [0, 0.1) is 18.8 Å². The molecule has 1 fully saturated rings. The quantitative estimate of drug-likeness (QED) is 0.838. The largest absolute Gasteiger partial charge is 0.493 e. The van der Waals surface area contributed by atoms with Gasteiger partial charge in [-0.1, -0.05) is 12.1 Å². The number of piperidine rings is 1. The lowest BCUT2D eigenvalue weighted by atomic mass is 9.85. The molecule has 1 aromatic rings. The third kappa shape index (κ3) is 3.97. The number of carbonyl (C=O) groups is 1. The molecule has 0 amide bonds. The molecular formula is C16H23NO3. The van der Waals surface area contributed by atoms with E-state index in [4.69, 9.17) is 9.47 Å². The van der Waals surface area contributed by atoms with E-state index in [0.717, 1.165) is 37.2 Å². The molecule has 1 atom stereocenters. The SMILES string of the molecule is COC(=O)C(COc1cccc(C)c1)C1CCNCC1. The van der Waals surface area contributed by atoms with Gasteiger partial charge in [-0.3, -0.25) is 4.79 Å². The first kappa shape index (κ1) is 14.9. The zero-order valence-electron chi connectivity index (χ0n) is 12.2. The van der Waals surface area contributed by atoms with Crippen LogP contribution in [0.5, 0.6) is 5.75 Å². The first-order valence-corrected chi connectivity index (χ1v) is 7.18. The number of aryl methyl sites for hydroxylation is 1. The molecule has 1 saturated heterocycles. The maximum absolute atomic E-state index is 12.0. The van der Waals surface area contributed by atoms with E-state index in [1.165, 1.54) is 7.11 Å². The van der Waals surface area contributed by atoms with Gasteiger partial charge in [0, 0.05) is 0 Å². The molecule has 1 heterocycles. The highest BCUT2D eigenvalue weighted by Crippen LogP contribution is 2.24. The molecular weight excluding hydrogens is 254 g/mol. The predicted molar refractivity (Wildman–Crippen MR) is 77.8 cm³/mol. The van der Waals surface area contributed by atoms with Crippen LogP contribution in [0.25, 0.3) is 0 Å². The molecule has 1 aromatic carbocycles. The lowest BCUT2D eigenvalue weighted by Crippen LogP contribution is -2.37. The minimum Gasteiger partial charge on any atom is -0.493 e. The highest BCUT2D eigenvalue weighted by molar-refractivity contribution is 5.72. The van der Waals surface area contributed by atoms with Crippen molar-refractivity contribution in [1.82, 2.24) is 5.32 Å². The molecule has 1 unspecified atom stereocenters. The Kier molecular flexibility index (Phi) is 5.41. The van der Waals surface area contributed by atoms with Crippen molar-refractivity contribution < 1.29 is 14.3 Å². The van der Waals surface area contributed by atoms with Crippen LogP contribution in [0.2, 0.25) is 0 Å². The molecule has 0 aromatic heterocycles. The van der Waals surface area contributed by atoms with E-state index in [1.54, 1.807) is 0 Å². The number of hydrogen-bond acceptors (Lipinski definition) is 4. The predicted octanol–water partition coefficient (Wildman–Crippen LogP) is 2.16. The summed E-state index contributed by atoms with van der Waals surface area (Å²) in [4.78, 5) is 12.0. The molecule has 4 heteroatoms. The molecule has 1 aliphatic rings. The first-order chi connectivity index (χ1) is 9.70. The van der Waals surface area contributed by atoms with Crippen LogP contribution in [0.4, 0.5) is 0 Å². The fourth-order valence-electron chi connectivity index (χ4n) is 2.69. The summed E-state index contributed by atoms with van der Waals surface area (Å²) < 4.78 is 10.7. The second-order valence-electron chi connectivity index (χ2n) is 5.34. The van der Waals surface area contributed by atoms with Crippen molar-refractivity contribution in [3.8, 4) is 5.75 Å². The van der Waals surface area contributed by atoms with Gasteiger partial charge in [-0.2, -0.15) is 0 Å². The van der Waals surface area contributed by atoms with Gasteiger partial charge in [-0.15, -0.1) is 0 Å². The van der Waals surface area contributed by atoms with Gasteiger partial charge in [0.1, 0.15) is 12.4 Å². The van der Waals surface area contributed by atoms with Gasteiger partial charge in [0.05, 0.1) is 13.0 Å². The second-order valence-corrected chi connectivity index (χ2v) is 5.34. The van der Waals surface area contributed by atoms with Crippen molar-refractivity contribution in [3.63, 3.8) is 0 Å². The van der Waals surface area contributed by atoms with Gasteiger partial charge >= 0.3 is 5.97 Å². The Morgan fingerprint density at radius 2 is 2.15 bits per heavy atom. The van der Waals surface area contributed by atoms with E-state index in [9.17, 15) is 4.79 Å². The van der Waals surface area contributed by atoms with Crippen LogP contribution in [0.3, 0.4) is 0 Å². The molecule has 1 N–H and O–H groups in total. The van der Waals surface area contributed by atoms with Crippen LogP contribution in [0.15, 0.2) is 24.3 Å². The van der Waals surface area contributed by atoms with Crippen molar-refractivity contribution in [3.05, 3.63) is 29.8 Å². The number of nitrogens with one attached hydrogen (secondary N) is 1. The number of carbonyl (C=O) groups excluding carboxylic acids is 1. The molecule has 0 radical (unpaired) electrons. The van der Waals surface area contributed by atoms with E-state index in [0.29, 0.717) is 12.5 Å². The summed E-state index contributed by atoms with van der Waals surface area (Å²) in [6.45, 7) is 4.34. The smallest absolute Gasteiger partial charge is 0.312 e. The lowest BCUT2D eigenvalue weighted by Gasteiger charge is -2.28. The fraction of sp³-hybridized carbons (Fsp3) is 0.562. The van der Waals surface area contributed by atoms with Crippen molar-refractivity contribution in [2.24, 2.45) is 11.8 Å². The van der Waals surface area contributed by atoms with Gasteiger partial charge in [0.25, 0.3) is 0 Å². The summed E-state index contributed by atoms with van der Waals surface area (Å²) in [5, 5.41) is 3.31. The maximum Gasteiger partial charge on any atom is 0.312 e. The standard InChI is InChI=1S/C16H23NO3/c1-12-4-3-5-14(10-12)20-11-15(16(18)19-2)13-6-8-17-9-7-13/h3-5,10,13,15,17H,6-9,11H2,1-2H3. The Morgan fingerprint density at radius 3 is 2.80 bits per heavy atom. The summed E-state index contributed by atoms with van der Waals surface area (Å²) in [7, 11) is 1.45. The van der Waals surface area contributed by atoms with Crippen LogP contribution >= 0.6 is 0 Å². The lowest BCUT2D eigenvalue weighted by molar-refractivity contribution is -0.149. The summed E-state index contributed by atoms with van der Waals surface area (Å²) in [6.07, 6.45) is 1.99. The minimum atomic E-state index is -0.178. The van der Waals surface area contributed by atoms with Crippen molar-refractivity contribution in [2.45, 2.75) is 19.8 Å². The molecule has 110 valence electrons. The zero-order chi connectivity index (χ0) is 14.4. The monoisotopic (exact) mass is 277 g/mol. The Balaban J connectivity index is 1.98. The normalized spacial score (nSPS) is 17.5. The number of esters is 1. The number of methoxy groups -OCH3 is 1. The highest BCUT2D eigenvalue weighted by Gasteiger charge is 2.31. The molecule has 1 aliphatic heterocycles. The van der Waals surface area contributed by atoms with Crippen molar-refractivity contribution in [2.75, 3.05) is 26.8 Å². The van der Waals surface area contributed by atoms with Crippen LogP contribution in [-0.4, -0.2) is 32.8 Å². The minimum absolute atomic E-state index is 0.162. The summed E-state index contributed by atoms with van der Waals surface area (Å²) in [5.41, 5.74) is 1.15. The van der Waals surface area contributed by atoms with Crippen LogP contribution in [0.1, 0.15) is 18.4 Å². The molecule has 0 aliphatic carbocycles. The third-order valence-electron chi connectivity index (χ3n) is 3.88. The van der Waals surface area contributed by atoms with Crippen LogP contribution in [-0.2, 0) is 9.53 Å². The number of rotatable bonds is 5. The summed E-state index contributed by atoms with van der Waals surface area (Å²) in [5.74, 6) is 0.813. The zero-order valence-corrected chi connectivity index (χ0v) is 12.2. The Labute approximate surface area is 120 Å². The Morgan fingerprint density at radius 1 is 1.40 bits per heavy atom. The molecule has 4 nitrogen and oxygen atoms in total. The molecule has 20 heavy (non-hydrogen) atoms. The molecule has 0 spiro atoms. The third-order valence-corrected chi connectivity index (χ3v) is 3.88. The number of ether oxygens (including phenoxy) is 2. The van der Waals surface area contributed by atoms with E-state index in [1.807, 2.05) is 31.2 Å². The molecule has 2 rings (SSSR count). The van der Waals surface area contributed by atoms with E-state index in [2.05, 4.69) is 5.32 Å². The van der Waals surface area contributed by atoms with Gasteiger partial charge in [0.2, 0.25) is 0 Å². The highest BCUT2D eigenvalue weighted by atomic mass is 16.5. The van der Waals surface area contributed by atoms with E-state index < -0.39 is 0 Å². The summed E-state index contributed by atoms with van der Waals surface area (Å²) >= 11 is 0. The average Bonchev–Trinajstić information content (AvgIpc) is 2.48. The van der Waals surface area contributed by atoms with E-state index >= 15 is 0 Å². The van der Waals surface area contributed by atoms with Crippen molar-refractivity contribution in [1.29, 1.82) is 0 Å². The number of benzene rings is 1. The maximum atomic E-state index is 12.0. The molecule has 0 saturated carbocycles. The Hall–Kier alpha value is -1.55. The molecule has 0 bridgehead atoms. The first-order valence-electron chi connectivity index (χ1n) is 7.18. The van der Waals surface area contributed by atoms with Gasteiger partial charge in [-0.05, 0) is 56.5 Å². The van der Waals surface area contributed by atoms with Gasteiger partial charge in [-0.25, -0.2) is 0 Å². The fourth-order valence-corrected chi connectivity index (χ4v) is 2.69. The van der Waals surface area contributed by atoms with Gasteiger partial charge in [0.15, 0.2) is 0 Å². The summed E-state index contributed by atoms with van der Waals surface area (Å²) in [6, 6.07) is 7.89. The topological polar surface area (TPSA) is 47.6 Å². The number of hydrogen-bond donors (Lipinski definition) is 1. The Bertz CT molecular complexity index is 441. The second kappa shape index (κ2) is 7.29. The average molecular weight is 277 g/mol. The van der Waals surface area contributed by atoms with Gasteiger partial charge < -0.3 is 14.8 Å². The van der Waals surface area contributed by atoms with E-state index in [-0.39, 0.29) is 11.9 Å². The van der Waals surface area contributed by atoms with Crippen LogP contribution < -0.4 is 10.1 Å².